The van der Waals surface area contributed by atoms with Crippen LogP contribution in [-0.2, 0) is 31.1 Å². The second-order valence-corrected chi connectivity index (χ2v) is 10.5. The summed E-state index contributed by atoms with van der Waals surface area (Å²) in [6, 6.07) is 30.9. The third-order valence-corrected chi connectivity index (χ3v) is 6.99. The van der Waals surface area contributed by atoms with Gasteiger partial charge in [0.1, 0.15) is 36.8 Å². The van der Waals surface area contributed by atoms with Crippen molar-refractivity contribution in [2.75, 3.05) is 6.54 Å². The number of nitrogens with zero attached hydrogens (tertiary/aromatic N) is 2. The fraction of sp³-hybridized carbons (Fsp3) is 0.257. The Kier molecular flexibility index (Phi) is 10.7. The topological polar surface area (TPSA) is 109 Å². The number of benzene rings is 4. The third kappa shape index (κ3) is 8.68. The highest BCUT2D eigenvalue weighted by Gasteiger charge is 2.19. The van der Waals surface area contributed by atoms with E-state index >= 15 is 0 Å². The molecule has 0 heterocycles. The number of aryl methyl sites for hydroxylation is 2. The first-order valence-corrected chi connectivity index (χ1v) is 14.0. The molecular weight excluding hydrogens is 526 g/mol. The van der Waals surface area contributed by atoms with E-state index < -0.39 is 12.0 Å². The summed E-state index contributed by atoms with van der Waals surface area (Å²) < 4.78 is 12.5. The quantitative estimate of drug-likeness (QED) is 0.190. The molecule has 7 heteroatoms. The molecule has 0 amide bonds. The van der Waals surface area contributed by atoms with Crippen molar-refractivity contribution in [3.63, 3.8) is 0 Å². The van der Waals surface area contributed by atoms with Crippen LogP contribution in [0, 0.1) is 25.2 Å². The highest BCUT2D eigenvalue weighted by Crippen LogP contribution is 2.28. The molecule has 0 aliphatic carbocycles. The molecule has 0 aliphatic heterocycles. The molecule has 0 spiro atoms. The van der Waals surface area contributed by atoms with Gasteiger partial charge in [-0.3, -0.25) is 9.69 Å². The number of hydrogen-bond acceptors (Lipinski definition) is 6. The summed E-state index contributed by atoms with van der Waals surface area (Å²) in [5.41, 5.74) is 12.5. The van der Waals surface area contributed by atoms with Gasteiger partial charge >= 0.3 is 5.97 Å². The van der Waals surface area contributed by atoms with Gasteiger partial charge < -0.3 is 20.3 Å². The third-order valence-electron chi connectivity index (χ3n) is 6.99. The Hall–Kier alpha value is -4.64. The van der Waals surface area contributed by atoms with Crippen molar-refractivity contribution in [1.29, 1.82) is 5.26 Å². The minimum Gasteiger partial charge on any atom is -0.489 e. The van der Waals surface area contributed by atoms with Crippen LogP contribution < -0.4 is 15.2 Å². The van der Waals surface area contributed by atoms with Gasteiger partial charge in [0.2, 0.25) is 0 Å². The molecule has 0 saturated heterocycles. The number of hydrogen-bond donors (Lipinski definition) is 2. The highest BCUT2D eigenvalue weighted by molar-refractivity contribution is 5.73. The second kappa shape index (κ2) is 14.8. The molecule has 0 fully saturated rings. The SMILES string of the molecule is Cc1cccc(COc2ccccc2CN(CC[C@H](N)C(=O)O)Cc2cccc(C#N)c2OCc2cccc(C)c2)c1. The summed E-state index contributed by atoms with van der Waals surface area (Å²) in [5.74, 6) is 0.247. The van der Waals surface area contributed by atoms with Crippen molar-refractivity contribution >= 4 is 5.97 Å². The van der Waals surface area contributed by atoms with Crippen molar-refractivity contribution in [3.05, 3.63) is 130 Å². The lowest BCUT2D eigenvalue weighted by atomic mass is 10.1. The van der Waals surface area contributed by atoms with Gasteiger partial charge in [-0.15, -0.1) is 0 Å². The maximum Gasteiger partial charge on any atom is 0.320 e. The number of rotatable bonds is 14. The second-order valence-electron chi connectivity index (χ2n) is 10.5. The number of para-hydroxylation sites is 2. The first kappa shape index (κ1) is 30.3. The number of nitriles is 1. The summed E-state index contributed by atoms with van der Waals surface area (Å²) in [5, 5.41) is 19.3. The van der Waals surface area contributed by atoms with E-state index in [4.69, 9.17) is 15.2 Å². The fourth-order valence-corrected chi connectivity index (χ4v) is 4.80. The molecule has 0 bridgehead atoms. The molecule has 4 aromatic carbocycles. The Morgan fingerprint density at radius 2 is 1.45 bits per heavy atom. The number of carboxylic acids is 1. The first-order chi connectivity index (χ1) is 20.3. The standard InChI is InChI=1S/C35H37N3O4/c1-25-8-5-10-27(18-25)23-41-33-15-4-3-12-30(33)21-38(17-16-32(37)35(39)40)22-31-14-7-13-29(20-36)34(31)42-24-28-11-6-9-26(2)19-28/h3-15,18-19,32H,16-17,21-24,37H2,1-2H3,(H,39,40)/t32-/m0/s1. The molecule has 0 aromatic heterocycles. The Morgan fingerprint density at radius 1 is 0.857 bits per heavy atom. The van der Waals surface area contributed by atoms with Crippen LogP contribution in [0.3, 0.4) is 0 Å². The maximum absolute atomic E-state index is 11.5. The lowest BCUT2D eigenvalue weighted by molar-refractivity contribution is -0.138. The van der Waals surface area contributed by atoms with E-state index in [0.717, 1.165) is 33.6 Å². The smallest absolute Gasteiger partial charge is 0.320 e. The van der Waals surface area contributed by atoms with E-state index in [0.29, 0.717) is 44.2 Å². The average molecular weight is 564 g/mol. The Bertz CT molecular complexity index is 1550. The lowest BCUT2D eigenvalue weighted by Gasteiger charge is -2.26. The summed E-state index contributed by atoms with van der Waals surface area (Å²) in [7, 11) is 0. The van der Waals surface area contributed by atoms with Gasteiger partial charge in [0, 0.05) is 30.8 Å². The van der Waals surface area contributed by atoms with Crippen LogP contribution in [0.5, 0.6) is 11.5 Å². The van der Waals surface area contributed by atoms with Gasteiger partial charge in [-0.1, -0.05) is 90.0 Å². The van der Waals surface area contributed by atoms with Gasteiger partial charge in [-0.2, -0.15) is 5.26 Å². The fourth-order valence-electron chi connectivity index (χ4n) is 4.80. The van der Waals surface area contributed by atoms with Gasteiger partial charge in [-0.25, -0.2) is 0 Å². The van der Waals surface area contributed by atoms with E-state index in [-0.39, 0.29) is 6.42 Å². The molecule has 0 aliphatic rings. The van der Waals surface area contributed by atoms with Crippen LogP contribution in [0.25, 0.3) is 0 Å². The van der Waals surface area contributed by atoms with Crippen molar-refractivity contribution < 1.29 is 19.4 Å². The van der Waals surface area contributed by atoms with Crippen molar-refractivity contribution in [3.8, 4) is 17.6 Å². The minimum absolute atomic E-state index is 0.263. The number of carboxylic acid groups (broad SMARTS) is 1. The lowest BCUT2D eigenvalue weighted by Crippen LogP contribution is -2.35. The molecule has 216 valence electrons. The van der Waals surface area contributed by atoms with Crippen LogP contribution in [0.2, 0.25) is 0 Å². The van der Waals surface area contributed by atoms with E-state index in [2.05, 4.69) is 36.1 Å². The average Bonchev–Trinajstić information content (AvgIpc) is 2.98. The van der Waals surface area contributed by atoms with E-state index in [9.17, 15) is 15.2 Å². The minimum atomic E-state index is -1.04. The van der Waals surface area contributed by atoms with Crippen molar-refractivity contribution in [2.24, 2.45) is 5.73 Å². The van der Waals surface area contributed by atoms with E-state index in [1.165, 1.54) is 5.56 Å². The zero-order valence-corrected chi connectivity index (χ0v) is 24.1. The van der Waals surface area contributed by atoms with E-state index in [1.54, 1.807) is 6.07 Å². The normalized spacial score (nSPS) is 11.6. The molecule has 4 rings (SSSR count). The predicted octanol–water partition coefficient (Wildman–Crippen LogP) is 6.14. The van der Waals surface area contributed by atoms with Crippen LogP contribution in [0.1, 0.15) is 45.4 Å². The zero-order chi connectivity index (χ0) is 29.9. The molecule has 4 aromatic rings. The number of ether oxygens (including phenoxy) is 2. The largest absolute Gasteiger partial charge is 0.489 e. The number of nitrogens with two attached hydrogens (primary N) is 1. The van der Waals surface area contributed by atoms with Gasteiger partial charge in [0.15, 0.2) is 0 Å². The molecular formula is C35H37N3O4. The van der Waals surface area contributed by atoms with Crippen LogP contribution >= 0.6 is 0 Å². The maximum atomic E-state index is 11.5. The monoisotopic (exact) mass is 563 g/mol. The van der Waals surface area contributed by atoms with Crippen LogP contribution in [-0.4, -0.2) is 28.6 Å². The molecule has 0 unspecified atom stereocenters. The molecule has 7 nitrogen and oxygen atoms in total. The predicted molar refractivity (Wildman–Crippen MR) is 163 cm³/mol. The highest BCUT2D eigenvalue weighted by atomic mass is 16.5. The molecule has 42 heavy (non-hydrogen) atoms. The number of aliphatic carboxylic acids is 1. The first-order valence-electron chi connectivity index (χ1n) is 14.0. The van der Waals surface area contributed by atoms with Gasteiger partial charge in [0.05, 0.1) is 5.56 Å². The number of carbonyl (C=O) groups is 1. The summed E-state index contributed by atoms with van der Waals surface area (Å²) in [6.45, 7) is 6.18. The molecule has 0 radical (unpaired) electrons. The molecule has 0 saturated carbocycles. The van der Waals surface area contributed by atoms with Crippen molar-refractivity contribution in [1.82, 2.24) is 4.90 Å². The van der Waals surface area contributed by atoms with Crippen LogP contribution in [0.15, 0.2) is 91.0 Å². The van der Waals surface area contributed by atoms with E-state index in [1.807, 2.05) is 73.7 Å². The van der Waals surface area contributed by atoms with Gasteiger partial charge in [-0.05, 0) is 43.5 Å². The van der Waals surface area contributed by atoms with Crippen molar-refractivity contribution in [2.45, 2.75) is 52.6 Å². The molecule has 1 atom stereocenters. The summed E-state index contributed by atoms with van der Waals surface area (Å²) >= 11 is 0. The Labute approximate surface area is 247 Å². The Balaban J connectivity index is 1.57. The molecule has 3 N–H and O–H groups in total. The summed E-state index contributed by atoms with van der Waals surface area (Å²) in [4.78, 5) is 13.6. The zero-order valence-electron chi connectivity index (χ0n) is 24.1. The van der Waals surface area contributed by atoms with Crippen LogP contribution in [0.4, 0.5) is 0 Å². The van der Waals surface area contributed by atoms with Gasteiger partial charge in [0.25, 0.3) is 0 Å². The Morgan fingerprint density at radius 3 is 2.10 bits per heavy atom. The summed E-state index contributed by atoms with van der Waals surface area (Å²) in [6.07, 6.45) is 0.263.